The number of aliphatic hydroxyl groups excluding tert-OH is 1. The van der Waals surface area contributed by atoms with Gasteiger partial charge in [0.05, 0.1) is 11.0 Å². The van der Waals surface area contributed by atoms with Gasteiger partial charge in [0.15, 0.2) is 0 Å². The van der Waals surface area contributed by atoms with E-state index in [1.807, 2.05) is 32.9 Å². The van der Waals surface area contributed by atoms with Crippen LogP contribution in [0.3, 0.4) is 0 Å². The van der Waals surface area contributed by atoms with E-state index in [1.165, 1.54) is 4.31 Å². The van der Waals surface area contributed by atoms with Crippen molar-refractivity contribution in [3.63, 3.8) is 0 Å². The molecule has 0 radical (unpaired) electrons. The van der Waals surface area contributed by atoms with Crippen LogP contribution in [0.1, 0.15) is 57.6 Å². The number of benzene rings is 1. The third-order valence-electron chi connectivity index (χ3n) is 4.85. The molecule has 0 saturated carbocycles. The predicted octanol–water partition coefficient (Wildman–Crippen LogP) is 3.58. The molecule has 0 spiro atoms. The lowest BCUT2D eigenvalue weighted by Crippen LogP contribution is -2.43. The lowest BCUT2D eigenvalue weighted by molar-refractivity contribution is 0.0939. The van der Waals surface area contributed by atoms with Crippen molar-refractivity contribution in [2.24, 2.45) is 0 Å². The Balaban J connectivity index is 2.86. The van der Waals surface area contributed by atoms with Gasteiger partial charge in [0.1, 0.15) is 0 Å². The Morgan fingerprint density at radius 1 is 1.00 bits per heavy atom. The quantitative estimate of drug-likeness (QED) is 0.552. The molecule has 1 aromatic rings. The zero-order valence-electron chi connectivity index (χ0n) is 17.7. The summed E-state index contributed by atoms with van der Waals surface area (Å²) in [6, 6.07) is 5.47. The van der Waals surface area contributed by atoms with Gasteiger partial charge in [-0.05, 0) is 57.0 Å². The Hall–Kier alpha value is -0.950. The van der Waals surface area contributed by atoms with E-state index in [4.69, 9.17) is 0 Å². The molecule has 0 aliphatic carbocycles. The Labute approximate surface area is 166 Å². The molecule has 0 aliphatic rings. The summed E-state index contributed by atoms with van der Waals surface area (Å²) in [6.45, 7) is 12.7. The summed E-state index contributed by atoms with van der Waals surface area (Å²) in [4.78, 5) is 2.60. The second kappa shape index (κ2) is 11.8. The fourth-order valence-electron chi connectivity index (χ4n) is 3.17. The molecular formula is C21H38N2O3S. The topological polar surface area (TPSA) is 60.9 Å². The molecule has 27 heavy (non-hydrogen) atoms. The molecule has 1 aromatic carbocycles. The van der Waals surface area contributed by atoms with Crippen LogP contribution >= 0.6 is 0 Å². The largest absolute Gasteiger partial charge is 0.390 e. The average Bonchev–Trinajstić information content (AvgIpc) is 2.63. The van der Waals surface area contributed by atoms with Gasteiger partial charge >= 0.3 is 0 Å². The van der Waals surface area contributed by atoms with Crippen LogP contribution in [-0.2, 0) is 10.0 Å². The first-order chi connectivity index (χ1) is 12.8. The van der Waals surface area contributed by atoms with E-state index in [1.54, 1.807) is 6.07 Å². The van der Waals surface area contributed by atoms with Gasteiger partial charge in [-0.3, -0.25) is 0 Å². The van der Waals surface area contributed by atoms with E-state index >= 15 is 0 Å². The number of hydrogen-bond donors (Lipinski definition) is 1. The second-order valence-electron chi connectivity index (χ2n) is 7.39. The number of likely N-dealkylation sites (N-methyl/N-ethyl adjacent to an activating group) is 1. The predicted molar refractivity (Wildman–Crippen MR) is 113 cm³/mol. The maximum atomic E-state index is 13.1. The first-order valence-corrected chi connectivity index (χ1v) is 11.7. The fourth-order valence-corrected chi connectivity index (χ4v) is 4.97. The molecule has 156 valence electrons. The number of unbranched alkanes of at least 4 members (excludes halogenated alkanes) is 2. The van der Waals surface area contributed by atoms with Crippen molar-refractivity contribution in [2.45, 2.75) is 71.3 Å². The molecule has 0 heterocycles. The monoisotopic (exact) mass is 398 g/mol. The van der Waals surface area contributed by atoms with Gasteiger partial charge in [0, 0.05) is 19.6 Å². The SMILES string of the molecule is CCCCN(CCCC)CC(O)CN(CC)S(=O)(=O)c1cc(C)ccc1C. The van der Waals surface area contributed by atoms with E-state index in [0.717, 1.165) is 49.9 Å². The molecule has 0 saturated heterocycles. The van der Waals surface area contributed by atoms with Crippen molar-refractivity contribution in [1.82, 2.24) is 9.21 Å². The number of aryl methyl sites for hydroxylation is 2. The van der Waals surface area contributed by atoms with Gasteiger partial charge in [-0.25, -0.2) is 8.42 Å². The Bertz CT molecular complexity index is 653. The minimum Gasteiger partial charge on any atom is -0.390 e. The van der Waals surface area contributed by atoms with Crippen molar-refractivity contribution in [3.05, 3.63) is 29.3 Å². The van der Waals surface area contributed by atoms with Crippen LogP contribution < -0.4 is 0 Å². The van der Waals surface area contributed by atoms with Gasteiger partial charge in [-0.15, -0.1) is 0 Å². The van der Waals surface area contributed by atoms with Crippen LogP contribution in [0.15, 0.2) is 23.1 Å². The molecular weight excluding hydrogens is 360 g/mol. The number of aliphatic hydroxyl groups is 1. The molecule has 6 heteroatoms. The average molecular weight is 399 g/mol. The van der Waals surface area contributed by atoms with E-state index in [9.17, 15) is 13.5 Å². The molecule has 1 unspecified atom stereocenters. The van der Waals surface area contributed by atoms with E-state index in [0.29, 0.717) is 18.0 Å². The minimum atomic E-state index is -3.61. The normalized spacial score (nSPS) is 13.5. The van der Waals surface area contributed by atoms with Crippen LogP contribution in [0.25, 0.3) is 0 Å². The minimum absolute atomic E-state index is 0.126. The van der Waals surface area contributed by atoms with E-state index in [-0.39, 0.29) is 6.54 Å². The highest BCUT2D eigenvalue weighted by molar-refractivity contribution is 7.89. The van der Waals surface area contributed by atoms with Gasteiger partial charge in [0.2, 0.25) is 10.0 Å². The van der Waals surface area contributed by atoms with Gasteiger partial charge in [0.25, 0.3) is 0 Å². The van der Waals surface area contributed by atoms with Crippen LogP contribution in [0.2, 0.25) is 0 Å². The molecule has 0 aromatic heterocycles. The van der Waals surface area contributed by atoms with E-state index < -0.39 is 16.1 Å². The van der Waals surface area contributed by atoms with Crippen LogP contribution in [0, 0.1) is 13.8 Å². The standard InChI is InChI=1S/C21H38N2O3S/c1-6-9-13-22(14-10-7-2)16-20(24)17-23(8-3)27(25,26)21-15-18(4)11-12-19(21)5/h11-12,15,20,24H,6-10,13-14,16-17H2,1-5H3. The smallest absolute Gasteiger partial charge is 0.243 e. The summed E-state index contributed by atoms with van der Waals surface area (Å²) in [5.74, 6) is 0. The first kappa shape index (κ1) is 24.1. The van der Waals surface area contributed by atoms with Crippen LogP contribution in [-0.4, -0.2) is 61.6 Å². The zero-order chi connectivity index (χ0) is 20.4. The Morgan fingerprint density at radius 2 is 1.59 bits per heavy atom. The number of hydrogen-bond acceptors (Lipinski definition) is 4. The maximum Gasteiger partial charge on any atom is 0.243 e. The molecule has 1 atom stereocenters. The van der Waals surface area contributed by atoms with Gasteiger partial charge < -0.3 is 10.0 Å². The molecule has 1 rings (SSSR count). The highest BCUT2D eigenvalue weighted by Gasteiger charge is 2.27. The molecule has 5 nitrogen and oxygen atoms in total. The molecule has 0 bridgehead atoms. The highest BCUT2D eigenvalue weighted by atomic mass is 32.2. The Kier molecular flexibility index (Phi) is 10.5. The third kappa shape index (κ3) is 7.53. The van der Waals surface area contributed by atoms with Crippen molar-refractivity contribution in [3.8, 4) is 0 Å². The van der Waals surface area contributed by atoms with Crippen molar-refractivity contribution < 1.29 is 13.5 Å². The highest BCUT2D eigenvalue weighted by Crippen LogP contribution is 2.21. The lowest BCUT2D eigenvalue weighted by atomic mass is 10.2. The summed E-state index contributed by atoms with van der Waals surface area (Å²) in [7, 11) is -3.61. The second-order valence-corrected chi connectivity index (χ2v) is 9.29. The summed E-state index contributed by atoms with van der Waals surface area (Å²) < 4.78 is 27.6. The maximum absolute atomic E-state index is 13.1. The summed E-state index contributed by atoms with van der Waals surface area (Å²) >= 11 is 0. The van der Waals surface area contributed by atoms with Crippen LogP contribution in [0.4, 0.5) is 0 Å². The van der Waals surface area contributed by atoms with Crippen molar-refractivity contribution >= 4 is 10.0 Å². The Morgan fingerprint density at radius 3 is 2.11 bits per heavy atom. The van der Waals surface area contributed by atoms with Crippen LogP contribution in [0.5, 0.6) is 0 Å². The van der Waals surface area contributed by atoms with Crippen molar-refractivity contribution in [2.75, 3.05) is 32.7 Å². The molecule has 0 amide bonds. The first-order valence-electron chi connectivity index (χ1n) is 10.2. The number of sulfonamides is 1. The summed E-state index contributed by atoms with van der Waals surface area (Å²) in [5.41, 5.74) is 1.65. The third-order valence-corrected chi connectivity index (χ3v) is 6.94. The van der Waals surface area contributed by atoms with Gasteiger partial charge in [-0.2, -0.15) is 4.31 Å². The number of rotatable bonds is 13. The van der Waals surface area contributed by atoms with Gasteiger partial charge in [-0.1, -0.05) is 45.7 Å². The summed E-state index contributed by atoms with van der Waals surface area (Å²) in [6.07, 6.45) is 3.71. The molecule has 0 aliphatic heterocycles. The number of nitrogens with zero attached hydrogens (tertiary/aromatic N) is 2. The lowest BCUT2D eigenvalue weighted by Gasteiger charge is -2.28. The fraction of sp³-hybridized carbons (Fsp3) is 0.714. The molecule has 0 fully saturated rings. The summed E-state index contributed by atoms with van der Waals surface area (Å²) in [5, 5.41) is 10.6. The molecule has 1 N–H and O–H groups in total. The zero-order valence-corrected chi connectivity index (χ0v) is 18.6. The van der Waals surface area contributed by atoms with E-state index in [2.05, 4.69) is 18.7 Å². The van der Waals surface area contributed by atoms with Crippen molar-refractivity contribution in [1.29, 1.82) is 0 Å².